The number of hydrogen-bond acceptors (Lipinski definition) is 2. The zero-order chi connectivity index (χ0) is 13.6. The van der Waals surface area contributed by atoms with Crippen LogP contribution in [0.3, 0.4) is 0 Å². The lowest BCUT2D eigenvalue weighted by molar-refractivity contribution is -0.135. The Hall–Kier alpha value is -0.570. The van der Waals surface area contributed by atoms with Gasteiger partial charge in [0.2, 0.25) is 5.91 Å². The zero-order valence-electron chi connectivity index (χ0n) is 12.4. The van der Waals surface area contributed by atoms with E-state index in [-0.39, 0.29) is 17.6 Å². The van der Waals surface area contributed by atoms with E-state index in [4.69, 9.17) is 4.74 Å². The molecule has 1 aliphatic rings. The van der Waals surface area contributed by atoms with E-state index in [1.165, 1.54) is 25.7 Å². The minimum absolute atomic E-state index is 0.0582. The average molecular weight is 255 g/mol. The average Bonchev–Trinajstić information content (AvgIpc) is 2.74. The predicted octanol–water partition coefficient (Wildman–Crippen LogP) is 3.28. The molecule has 0 aromatic heterocycles. The Labute approximate surface area is 112 Å². The number of carbonyl (C=O) groups excluding carboxylic acids is 1. The lowest BCUT2D eigenvalue weighted by atomic mass is 9.98. The van der Waals surface area contributed by atoms with Gasteiger partial charge in [-0.1, -0.05) is 32.6 Å². The van der Waals surface area contributed by atoms with Crippen LogP contribution in [0.4, 0.5) is 0 Å². The molecule has 1 saturated carbocycles. The number of hydrogen-bond donors (Lipinski definition) is 1. The lowest BCUT2D eigenvalue weighted by Gasteiger charge is -2.26. The van der Waals surface area contributed by atoms with E-state index in [9.17, 15) is 4.79 Å². The highest BCUT2D eigenvalue weighted by Gasteiger charge is 2.27. The van der Waals surface area contributed by atoms with Crippen molar-refractivity contribution in [3.05, 3.63) is 0 Å². The number of ether oxygens (including phenoxy) is 1. The molecular formula is C15H29NO2. The van der Waals surface area contributed by atoms with E-state index in [1.54, 1.807) is 0 Å². The predicted molar refractivity (Wildman–Crippen MR) is 74.5 cm³/mol. The van der Waals surface area contributed by atoms with E-state index in [0.717, 1.165) is 12.8 Å². The van der Waals surface area contributed by atoms with Crippen LogP contribution in [0.5, 0.6) is 0 Å². The summed E-state index contributed by atoms with van der Waals surface area (Å²) in [6, 6.07) is 0. The summed E-state index contributed by atoms with van der Waals surface area (Å²) in [6.07, 6.45) is 6.74. The molecule has 0 saturated heterocycles. The van der Waals surface area contributed by atoms with E-state index >= 15 is 0 Å². The first-order valence-electron chi connectivity index (χ1n) is 7.36. The van der Waals surface area contributed by atoms with Crippen molar-refractivity contribution in [3.8, 4) is 0 Å². The molecule has 0 aliphatic heterocycles. The fourth-order valence-corrected chi connectivity index (χ4v) is 2.51. The highest BCUT2D eigenvalue weighted by molar-refractivity contribution is 5.81. The van der Waals surface area contributed by atoms with E-state index in [0.29, 0.717) is 12.5 Å². The maximum absolute atomic E-state index is 12.2. The summed E-state index contributed by atoms with van der Waals surface area (Å²) in [6.45, 7) is 8.79. The first kappa shape index (κ1) is 15.5. The topological polar surface area (TPSA) is 38.3 Å². The van der Waals surface area contributed by atoms with Crippen molar-refractivity contribution in [1.29, 1.82) is 0 Å². The lowest BCUT2D eigenvalue weighted by Crippen LogP contribution is -2.47. The summed E-state index contributed by atoms with van der Waals surface area (Å²) in [5.41, 5.74) is -0.180. The first-order chi connectivity index (χ1) is 8.42. The number of rotatable bonds is 6. The van der Waals surface area contributed by atoms with Crippen LogP contribution in [0.25, 0.3) is 0 Å². The summed E-state index contributed by atoms with van der Waals surface area (Å²) >= 11 is 0. The van der Waals surface area contributed by atoms with Gasteiger partial charge in [-0.15, -0.1) is 0 Å². The molecule has 1 aliphatic carbocycles. The summed E-state index contributed by atoms with van der Waals surface area (Å²) in [5.74, 6) is 0.737. The van der Waals surface area contributed by atoms with Crippen LogP contribution in [0.2, 0.25) is 0 Å². The van der Waals surface area contributed by atoms with Gasteiger partial charge in [0.25, 0.3) is 0 Å². The van der Waals surface area contributed by atoms with Gasteiger partial charge in [-0.2, -0.15) is 0 Å². The first-order valence-corrected chi connectivity index (χ1v) is 7.36. The van der Waals surface area contributed by atoms with Crippen LogP contribution in [-0.2, 0) is 9.53 Å². The Kier molecular flexibility index (Phi) is 6.13. The van der Waals surface area contributed by atoms with Crippen LogP contribution in [0.15, 0.2) is 0 Å². The van der Waals surface area contributed by atoms with Gasteiger partial charge >= 0.3 is 0 Å². The molecule has 0 radical (unpaired) electrons. The summed E-state index contributed by atoms with van der Waals surface area (Å²) in [4.78, 5) is 12.2. The standard InChI is InChI=1S/C15H29NO2/c1-5-10-18-13(11-12-8-6-7-9-12)14(17)16-15(2,3)4/h12-13H,5-11H2,1-4H3,(H,16,17). The second-order valence-corrected chi connectivity index (χ2v) is 6.48. The quantitative estimate of drug-likeness (QED) is 0.791. The third kappa shape index (κ3) is 5.85. The molecule has 1 unspecified atom stereocenters. The molecule has 0 heterocycles. The van der Waals surface area contributed by atoms with Gasteiger partial charge in [0.05, 0.1) is 0 Å². The van der Waals surface area contributed by atoms with Crippen molar-refractivity contribution in [2.45, 2.75) is 77.9 Å². The normalized spacial score (nSPS) is 18.9. The monoisotopic (exact) mass is 255 g/mol. The SMILES string of the molecule is CCCOC(CC1CCCC1)C(=O)NC(C)(C)C. The van der Waals surface area contributed by atoms with Crippen molar-refractivity contribution in [2.75, 3.05) is 6.61 Å². The van der Waals surface area contributed by atoms with Crippen LogP contribution >= 0.6 is 0 Å². The number of nitrogens with one attached hydrogen (secondary N) is 1. The molecule has 1 rings (SSSR count). The van der Waals surface area contributed by atoms with Gasteiger partial charge < -0.3 is 10.1 Å². The molecule has 106 valence electrons. The molecule has 0 spiro atoms. The van der Waals surface area contributed by atoms with Crippen molar-refractivity contribution in [1.82, 2.24) is 5.32 Å². The van der Waals surface area contributed by atoms with Crippen molar-refractivity contribution in [3.63, 3.8) is 0 Å². The van der Waals surface area contributed by atoms with Crippen molar-refractivity contribution >= 4 is 5.91 Å². The van der Waals surface area contributed by atoms with E-state index in [1.807, 2.05) is 20.8 Å². The van der Waals surface area contributed by atoms with E-state index in [2.05, 4.69) is 12.2 Å². The Morgan fingerprint density at radius 3 is 2.44 bits per heavy atom. The smallest absolute Gasteiger partial charge is 0.249 e. The Balaban J connectivity index is 2.50. The van der Waals surface area contributed by atoms with Gasteiger partial charge in [0.1, 0.15) is 6.10 Å². The summed E-state index contributed by atoms with van der Waals surface area (Å²) in [7, 11) is 0. The van der Waals surface area contributed by atoms with Gasteiger partial charge in [-0.25, -0.2) is 0 Å². The molecule has 0 aromatic rings. The van der Waals surface area contributed by atoms with Crippen molar-refractivity contribution < 1.29 is 9.53 Å². The minimum atomic E-state index is -0.257. The number of carbonyl (C=O) groups is 1. The van der Waals surface area contributed by atoms with Crippen LogP contribution in [-0.4, -0.2) is 24.2 Å². The van der Waals surface area contributed by atoms with Crippen molar-refractivity contribution in [2.24, 2.45) is 5.92 Å². The molecule has 1 atom stereocenters. The van der Waals surface area contributed by atoms with Crippen LogP contribution in [0.1, 0.15) is 66.2 Å². The maximum atomic E-state index is 12.2. The molecule has 1 N–H and O–H groups in total. The third-order valence-electron chi connectivity index (χ3n) is 3.34. The molecule has 0 aromatic carbocycles. The third-order valence-corrected chi connectivity index (χ3v) is 3.34. The molecule has 1 fully saturated rings. The number of amides is 1. The van der Waals surface area contributed by atoms with Crippen LogP contribution < -0.4 is 5.32 Å². The van der Waals surface area contributed by atoms with Gasteiger partial charge in [0.15, 0.2) is 0 Å². The Bertz CT molecular complexity index is 252. The Morgan fingerprint density at radius 2 is 1.94 bits per heavy atom. The highest BCUT2D eigenvalue weighted by atomic mass is 16.5. The van der Waals surface area contributed by atoms with Gasteiger partial charge in [0, 0.05) is 12.1 Å². The van der Waals surface area contributed by atoms with E-state index < -0.39 is 0 Å². The molecule has 1 amide bonds. The molecule has 18 heavy (non-hydrogen) atoms. The van der Waals surface area contributed by atoms with Gasteiger partial charge in [-0.3, -0.25) is 4.79 Å². The second kappa shape index (κ2) is 7.13. The fraction of sp³-hybridized carbons (Fsp3) is 0.933. The molecule has 3 nitrogen and oxygen atoms in total. The molecular weight excluding hydrogens is 226 g/mol. The van der Waals surface area contributed by atoms with Crippen LogP contribution in [0, 0.1) is 5.92 Å². The fourth-order valence-electron chi connectivity index (χ4n) is 2.51. The molecule has 3 heteroatoms. The summed E-state index contributed by atoms with van der Waals surface area (Å²) in [5, 5.41) is 3.04. The highest BCUT2D eigenvalue weighted by Crippen LogP contribution is 2.29. The largest absolute Gasteiger partial charge is 0.368 e. The molecule has 0 bridgehead atoms. The Morgan fingerprint density at radius 1 is 1.33 bits per heavy atom. The second-order valence-electron chi connectivity index (χ2n) is 6.48. The zero-order valence-corrected chi connectivity index (χ0v) is 12.4. The summed E-state index contributed by atoms with van der Waals surface area (Å²) < 4.78 is 5.75. The maximum Gasteiger partial charge on any atom is 0.249 e. The minimum Gasteiger partial charge on any atom is -0.368 e. The van der Waals surface area contributed by atoms with Gasteiger partial charge in [-0.05, 0) is 39.5 Å².